The lowest BCUT2D eigenvalue weighted by atomic mass is 9.68. The van der Waals surface area contributed by atoms with Crippen molar-refractivity contribution in [2.75, 3.05) is 5.88 Å². The molecule has 2 nitrogen and oxygen atoms in total. The van der Waals surface area contributed by atoms with Crippen molar-refractivity contribution in [2.24, 2.45) is 18.4 Å². The Labute approximate surface area is 128 Å². The van der Waals surface area contributed by atoms with Crippen molar-refractivity contribution in [2.45, 2.75) is 64.7 Å². The van der Waals surface area contributed by atoms with Gasteiger partial charge < -0.3 is 0 Å². The quantitative estimate of drug-likeness (QED) is 0.650. The zero-order chi connectivity index (χ0) is 14.4. The van der Waals surface area contributed by atoms with Gasteiger partial charge in [-0.1, -0.05) is 26.2 Å². The largest absolute Gasteiger partial charge is 0.276 e. The maximum Gasteiger partial charge on any atom is 0.0521 e. The third kappa shape index (κ3) is 4.25. The molecule has 2 rings (SSSR count). The molecule has 0 atom stereocenters. The zero-order valence-electron chi connectivity index (χ0n) is 13.1. The molecule has 0 bridgehead atoms. The summed E-state index contributed by atoms with van der Waals surface area (Å²) in [6.45, 7) is 2.29. The molecule has 0 saturated heterocycles. The summed E-state index contributed by atoms with van der Waals surface area (Å²) in [5.74, 6) is 1.79. The van der Waals surface area contributed by atoms with Crippen molar-refractivity contribution in [3.63, 3.8) is 0 Å². The molecular weight excluding hydrogens is 268 g/mol. The second-order valence-electron chi connectivity index (χ2n) is 6.74. The molecule has 0 N–H and O–H groups in total. The van der Waals surface area contributed by atoms with Crippen molar-refractivity contribution >= 4 is 11.6 Å². The standard InChI is InChI=1S/C17H29ClN2/c1-3-4-5-15-6-9-17(14-18,10-7-15)11-8-16-12-19-20(2)13-16/h12-13,15H,3-11,14H2,1-2H3. The third-order valence-corrected chi connectivity index (χ3v) is 5.68. The Morgan fingerprint density at radius 1 is 1.40 bits per heavy atom. The average molecular weight is 297 g/mol. The molecule has 1 aliphatic rings. The SMILES string of the molecule is CCCCC1CCC(CCl)(CCc2cnn(C)c2)CC1. The van der Waals surface area contributed by atoms with Crippen molar-refractivity contribution in [3.8, 4) is 0 Å². The van der Waals surface area contributed by atoms with E-state index in [9.17, 15) is 0 Å². The Morgan fingerprint density at radius 2 is 2.15 bits per heavy atom. The highest BCUT2D eigenvalue weighted by molar-refractivity contribution is 6.18. The topological polar surface area (TPSA) is 17.8 Å². The minimum absolute atomic E-state index is 0.389. The molecule has 0 unspecified atom stereocenters. The number of hydrogen-bond acceptors (Lipinski definition) is 1. The summed E-state index contributed by atoms with van der Waals surface area (Å²) in [7, 11) is 1.99. The van der Waals surface area contributed by atoms with Crippen LogP contribution in [0.25, 0.3) is 0 Å². The van der Waals surface area contributed by atoms with Crippen LogP contribution in [0, 0.1) is 11.3 Å². The van der Waals surface area contributed by atoms with E-state index in [0.29, 0.717) is 5.41 Å². The maximum atomic E-state index is 6.34. The summed E-state index contributed by atoms with van der Waals surface area (Å²) < 4.78 is 1.89. The first-order valence-corrected chi connectivity index (χ1v) is 8.74. The Balaban J connectivity index is 1.82. The van der Waals surface area contributed by atoms with Crippen LogP contribution in [0.1, 0.15) is 63.9 Å². The molecule has 1 aromatic rings. The lowest BCUT2D eigenvalue weighted by Gasteiger charge is -2.39. The number of halogens is 1. The molecule has 3 heteroatoms. The van der Waals surface area contributed by atoms with Crippen LogP contribution in [0.2, 0.25) is 0 Å². The number of rotatable bonds is 7. The van der Waals surface area contributed by atoms with Gasteiger partial charge in [-0.05, 0) is 55.4 Å². The highest BCUT2D eigenvalue weighted by atomic mass is 35.5. The fourth-order valence-corrected chi connectivity index (χ4v) is 3.93. The predicted molar refractivity (Wildman–Crippen MR) is 86.2 cm³/mol. The number of aromatic nitrogens is 2. The summed E-state index contributed by atoms with van der Waals surface area (Å²) >= 11 is 6.34. The van der Waals surface area contributed by atoms with Crippen molar-refractivity contribution < 1.29 is 0 Å². The Kier molecular flexibility index (Phi) is 5.95. The maximum absolute atomic E-state index is 6.34. The summed E-state index contributed by atoms with van der Waals surface area (Å²) in [5, 5.41) is 4.26. The normalized spacial score (nSPS) is 26.9. The Bertz CT molecular complexity index is 391. The lowest BCUT2D eigenvalue weighted by Crippen LogP contribution is -2.30. The summed E-state index contributed by atoms with van der Waals surface area (Å²) in [5.41, 5.74) is 1.74. The van der Waals surface area contributed by atoms with E-state index in [2.05, 4.69) is 18.2 Å². The van der Waals surface area contributed by atoms with Gasteiger partial charge in [-0.15, -0.1) is 11.6 Å². The van der Waals surface area contributed by atoms with Crippen LogP contribution in [0.4, 0.5) is 0 Å². The van der Waals surface area contributed by atoms with E-state index in [0.717, 1.165) is 18.2 Å². The van der Waals surface area contributed by atoms with Gasteiger partial charge in [0.25, 0.3) is 0 Å². The number of aryl methyl sites for hydroxylation is 2. The molecule has 1 fully saturated rings. The van der Waals surface area contributed by atoms with E-state index >= 15 is 0 Å². The van der Waals surface area contributed by atoms with Gasteiger partial charge in [0.2, 0.25) is 0 Å². The van der Waals surface area contributed by atoms with Gasteiger partial charge in [-0.2, -0.15) is 5.10 Å². The van der Waals surface area contributed by atoms with Crippen LogP contribution in [-0.4, -0.2) is 15.7 Å². The minimum atomic E-state index is 0.389. The molecule has 0 radical (unpaired) electrons. The van der Waals surface area contributed by atoms with Crippen molar-refractivity contribution in [1.29, 1.82) is 0 Å². The van der Waals surface area contributed by atoms with Crippen LogP contribution in [0.3, 0.4) is 0 Å². The first kappa shape index (κ1) is 15.9. The summed E-state index contributed by atoms with van der Waals surface area (Å²) in [4.78, 5) is 0. The highest BCUT2D eigenvalue weighted by Gasteiger charge is 2.34. The Hall–Kier alpha value is -0.500. The van der Waals surface area contributed by atoms with E-state index in [1.54, 1.807) is 0 Å². The van der Waals surface area contributed by atoms with Crippen LogP contribution in [-0.2, 0) is 13.5 Å². The van der Waals surface area contributed by atoms with Crippen LogP contribution in [0.15, 0.2) is 12.4 Å². The van der Waals surface area contributed by atoms with E-state index < -0.39 is 0 Å². The van der Waals surface area contributed by atoms with Gasteiger partial charge in [0.15, 0.2) is 0 Å². The molecule has 114 valence electrons. The van der Waals surface area contributed by atoms with Gasteiger partial charge in [0, 0.05) is 19.1 Å². The predicted octanol–water partition coefficient (Wildman–Crippen LogP) is 4.96. The molecule has 1 heterocycles. The second-order valence-corrected chi connectivity index (χ2v) is 7.01. The third-order valence-electron chi connectivity index (χ3n) is 5.12. The molecular formula is C17H29ClN2. The molecule has 1 aromatic heterocycles. The average Bonchev–Trinajstić information content (AvgIpc) is 2.90. The molecule has 20 heavy (non-hydrogen) atoms. The van der Waals surface area contributed by atoms with Gasteiger partial charge in [-0.25, -0.2) is 0 Å². The van der Waals surface area contributed by atoms with Crippen LogP contribution >= 0.6 is 11.6 Å². The van der Waals surface area contributed by atoms with Gasteiger partial charge in [-0.3, -0.25) is 4.68 Å². The van der Waals surface area contributed by atoms with Gasteiger partial charge >= 0.3 is 0 Å². The van der Waals surface area contributed by atoms with Crippen LogP contribution < -0.4 is 0 Å². The van der Waals surface area contributed by atoms with E-state index in [1.807, 2.05) is 17.9 Å². The van der Waals surface area contributed by atoms with E-state index in [-0.39, 0.29) is 0 Å². The second kappa shape index (κ2) is 7.49. The molecule has 0 spiro atoms. The molecule has 0 amide bonds. The molecule has 0 aliphatic heterocycles. The molecule has 0 aromatic carbocycles. The molecule has 1 aliphatic carbocycles. The van der Waals surface area contributed by atoms with Crippen molar-refractivity contribution in [1.82, 2.24) is 9.78 Å². The smallest absolute Gasteiger partial charge is 0.0521 e. The highest BCUT2D eigenvalue weighted by Crippen LogP contribution is 2.44. The monoisotopic (exact) mass is 296 g/mol. The Morgan fingerprint density at radius 3 is 2.70 bits per heavy atom. The lowest BCUT2D eigenvalue weighted by molar-refractivity contribution is 0.155. The first-order chi connectivity index (χ1) is 9.67. The number of hydrogen-bond donors (Lipinski definition) is 0. The molecule has 1 saturated carbocycles. The van der Waals surface area contributed by atoms with Gasteiger partial charge in [0.1, 0.15) is 0 Å². The summed E-state index contributed by atoms with van der Waals surface area (Å²) in [6.07, 6.45) is 16.1. The fraction of sp³-hybridized carbons (Fsp3) is 0.824. The van der Waals surface area contributed by atoms with Gasteiger partial charge in [0.05, 0.1) is 6.20 Å². The van der Waals surface area contributed by atoms with Crippen molar-refractivity contribution in [3.05, 3.63) is 18.0 Å². The number of nitrogens with zero attached hydrogens (tertiary/aromatic N) is 2. The number of alkyl halides is 1. The van der Waals surface area contributed by atoms with E-state index in [1.165, 1.54) is 56.9 Å². The summed E-state index contributed by atoms with van der Waals surface area (Å²) in [6, 6.07) is 0. The minimum Gasteiger partial charge on any atom is -0.276 e. The zero-order valence-corrected chi connectivity index (χ0v) is 13.8. The van der Waals surface area contributed by atoms with E-state index in [4.69, 9.17) is 11.6 Å². The van der Waals surface area contributed by atoms with Crippen LogP contribution in [0.5, 0.6) is 0 Å². The fourth-order valence-electron chi connectivity index (χ4n) is 3.53. The first-order valence-electron chi connectivity index (χ1n) is 8.21. The number of unbranched alkanes of at least 4 members (excludes halogenated alkanes) is 1.